The lowest BCUT2D eigenvalue weighted by molar-refractivity contribution is 0.0769. The number of carbonyl (C=O) groups excluding carboxylic acids is 1. The van der Waals surface area contributed by atoms with Crippen LogP contribution in [0.2, 0.25) is 5.02 Å². The Morgan fingerprint density at radius 1 is 1.50 bits per heavy atom. The fourth-order valence-corrected chi connectivity index (χ4v) is 4.02. The van der Waals surface area contributed by atoms with E-state index >= 15 is 0 Å². The van der Waals surface area contributed by atoms with Crippen LogP contribution in [0, 0.1) is 11.3 Å². The van der Waals surface area contributed by atoms with Crippen LogP contribution >= 0.6 is 11.6 Å². The summed E-state index contributed by atoms with van der Waals surface area (Å²) in [6.07, 6.45) is 4.99. The van der Waals surface area contributed by atoms with Gasteiger partial charge < -0.3 is 10.6 Å². The van der Waals surface area contributed by atoms with E-state index in [0.29, 0.717) is 11.0 Å². The van der Waals surface area contributed by atoms with Gasteiger partial charge in [-0.3, -0.25) is 4.79 Å². The predicted octanol–water partition coefficient (Wildman–Crippen LogP) is 2.63. The first-order valence-electron chi connectivity index (χ1n) is 7.33. The fourth-order valence-electron chi connectivity index (χ4n) is 3.76. The molecule has 1 spiro atoms. The maximum atomic E-state index is 11.6. The van der Waals surface area contributed by atoms with Crippen LogP contribution in [-0.2, 0) is 6.42 Å². The molecule has 1 aromatic carbocycles. The van der Waals surface area contributed by atoms with E-state index in [1.807, 2.05) is 12.1 Å². The van der Waals surface area contributed by atoms with Gasteiger partial charge in [0.05, 0.1) is 0 Å². The monoisotopic (exact) mass is 292 g/mol. The second-order valence-electron chi connectivity index (χ2n) is 6.29. The molecule has 1 amide bonds. The molecule has 0 aromatic heterocycles. The van der Waals surface area contributed by atoms with E-state index in [0.717, 1.165) is 17.4 Å². The van der Waals surface area contributed by atoms with E-state index in [-0.39, 0.29) is 5.91 Å². The highest BCUT2D eigenvalue weighted by atomic mass is 35.5. The zero-order valence-corrected chi connectivity index (χ0v) is 12.6. The Balaban J connectivity index is 1.62. The van der Waals surface area contributed by atoms with Gasteiger partial charge >= 0.3 is 0 Å². The Morgan fingerprint density at radius 2 is 2.30 bits per heavy atom. The van der Waals surface area contributed by atoms with Gasteiger partial charge in [-0.05, 0) is 61.3 Å². The van der Waals surface area contributed by atoms with Crippen LogP contribution in [-0.4, -0.2) is 26.0 Å². The van der Waals surface area contributed by atoms with Gasteiger partial charge in [0, 0.05) is 24.2 Å². The van der Waals surface area contributed by atoms with Crippen molar-refractivity contribution in [1.82, 2.24) is 10.6 Å². The van der Waals surface area contributed by atoms with Crippen LogP contribution in [0.3, 0.4) is 0 Å². The van der Waals surface area contributed by atoms with Gasteiger partial charge in [0.1, 0.15) is 0 Å². The fraction of sp³-hybridized carbons (Fsp3) is 0.562. The van der Waals surface area contributed by atoms with Crippen molar-refractivity contribution in [2.45, 2.75) is 25.7 Å². The Bertz CT molecular complexity index is 515. The van der Waals surface area contributed by atoms with Crippen molar-refractivity contribution < 1.29 is 4.79 Å². The zero-order chi connectivity index (χ0) is 14.2. The van der Waals surface area contributed by atoms with Gasteiger partial charge in [-0.1, -0.05) is 17.7 Å². The molecule has 3 rings (SSSR count). The summed E-state index contributed by atoms with van der Waals surface area (Å²) in [5.41, 5.74) is 2.38. The summed E-state index contributed by atoms with van der Waals surface area (Å²) in [5.74, 6) is 0.663. The number of halogens is 1. The smallest absolute Gasteiger partial charge is 0.251 e. The molecule has 2 N–H and O–H groups in total. The highest BCUT2D eigenvalue weighted by Gasteiger charge is 2.45. The molecule has 4 heteroatoms. The predicted molar refractivity (Wildman–Crippen MR) is 81.2 cm³/mol. The summed E-state index contributed by atoms with van der Waals surface area (Å²) in [5, 5.41) is 6.81. The molecule has 108 valence electrons. The summed E-state index contributed by atoms with van der Waals surface area (Å²) < 4.78 is 0. The molecular formula is C16H21ClN2O. The number of amides is 1. The van der Waals surface area contributed by atoms with Gasteiger partial charge in [-0.15, -0.1) is 0 Å². The molecule has 20 heavy (non-hydrogen) atoms. The molecule has 1 aliphatic carbocycles. The summed E-state index contributed by atoms with van der Waals surface area (Å²) >= 11 is 6.31. The maximum Gasteiger partial charge on any atom is 0.251 e. The molecular weight excluding hydrogens is 272 g/mol. The van der Waals surface area contributed by atoms with E-state index in [9.17, 15) is 4.79 Å². The molecule has 0 radical (unpaired) electrons. The van der Waals surface area contributed by atoms with Crippen LogP contribution in [0.1, 0.15) is 35.2 Å². The molecule has 1 saturated carbocycles. The molecule has 1 aliphatic heterocycles. The maximum absolute atomic E-state index is 11.6. The van der Waals surface area contributed by atoms with Gasteiger partial charge in [-0.2, -0.15) is 0 Å². The number of hydrogen-bond acceptors (Lipinski definition) is 2. The van der Waals surface area contributed by atoms with Gasteiger partial charge in [-0.25, -0.2) is 0 Å². The lowest BCUT2D eigenvalue weighted by Crippen LogP contribution is -2.39. The van der Waals surface area contributed by atoms with Crippen molar-refractivity contribution in [3.63, 3.8) is 0 Å². The topological polar surface area (TPSA) is 41.1 Å². The first kappa shape index (κ1) is 13.9. The van der Waals surface area contributed by atoms with Gasteiger partial charge in [0.25, 0.3) is 5.91 Å². The number of rotatable bonds is 3. The highest BCUT2D eigenvalue weighted by Crippen LogP contribution is 2.51. The van der Waals surface area contributed by atoms with Crippen LogP contribution in [0.25, 0.3) is 0 Å². The third kappa shape index (κ3) is 2.57. The highest BCUT2D eigenvalue weighted by molar-refractivity contribution is 6.31. The summed E-state index contributed by atoms with van der Waals surface area (Å²) in [6, 6.07) is 5.65. The molecule has 1 aromatic rings. The minimum absolute atomic E-state index is 0.0851. The Morgan fingerprint density at radius 3 is 2.90 bits per heavy atom. The molecule has 0 unspecified atom stereocenters. The van der Waals surface area contributed by atoms with E-state index in [4.69, 9.17) is 11.6 Å². The van der Waals surface area contributed by atoms with Gasteiger partial charge in [0.15, 0.2) is 0 Å². The number of benzene rings is 1. The van der Waals surface area contributed by atoms with Crippen molar-refractivity contribution in [3.8, 4) is 0 Å². The lowest BCUT2D eigenvalue weighted by atomic mass is 9.60. The van der Waals surface area contributed by atoms with Crippen molar-refractivity contribution in [2.24, 2.45) is 11.3 Å². The first-order valence-corrected chi connectivity index (χ1v) is 7.71. The average molecular weight is 293 g/mol. The summed E-state index contributed by atoms with van der Waals surface area (Å²) in [4.78, 5) is 11.6. The number of carbonyl (C=O) groups is 1. The van der Waals surface area contributed by atoms with Crippen LogP contribution < -0.4 is 10.6 Å². The third-order valence-electron chi connectivity index (χ3n) is 4.83. The van der Waals surface area contributed by atoms with Crippen molar-refractivity contribution >= 4 is 17.5 Å². The Labute approximate surface area is 125 Å². The number of nitrogens with one attached hydrogen (secondary N) is 2. The molecule has 0 atom stereocenters. The van der Waals surface area contributed by atoms with E-state index < -0.39 is 0 Å². The van der Waals surface area contributed by atoms with Crippen molar-refractivity contribution in [2.75, 3.05) is 20.1 Å². The zero-order valence-electron chi connectivity index (χ0n) is 11.8. The summed E-state index contributed by atoms with van der Waals surface area (Å²) in [7, 11) is 1.63. The Kier molecular flexibility index (Phi) is 3.74. The largest absolute Gasteiger partial charge is 0.355 e. The van der Waals surface area contributed by atoms with Crippen LogP contribution in [0.4, 0.5) is 0 Å². The number of hydrogen-bond donors (Lipinski definition) is 2. The van der Waals surface area contributed by atoms with Crippen LogP contribution in [0.5, 0.6) is 0 Å². The minimum atomic E-state index is -0.0851. The molecule has 2 aliphatic rings. The molecule has 0 bridgehead atoms. The summed E-state index contributed by atoms with van der Waals surface area (Å²) in [6.45, 7) is 2.36. The van der Waals surface area contributed by atoms with Crippen molar-refractivity contribution in [1.29, 1.82) is 0 Å². The van der Waals surface area contributed by atoms with Crippen molar-refractivity contribution in [3.05, 3.63) is 34.3 Å². The van der Waals surface area contributed by atoms with Gasteiger partial charge in [0.2, 0.25) is 0 Å². The second kappa shape index (κ2) is 5.38. The van der Waals surface area contributed by atoms with E-state index in [2.05, 4.69) is 10.6 Å². The average Bonchev–Trinajstić information content (AvgIpc) is 2.89. The molecule has 1 heterocycles. The standard InChI is InChI=1S/C16H21ClN2O/c1-18-15(20)13-3-2-12(14(17)7-13)6-11-8-16(9-11)4-5-19-10-16/h2-3,7,11,19H,4-6,8-10H2,1H3,(H,18,20). The third-order valence-corrected chi connectivity index (χ3v) is 5.18. The second-order valence-corrected chi connectivity index (χ2v) is 6.70. The normalized spacial score (nSPS) is 28.4. The first-order chi connectivity index (χ1) is 9.62. The van der Waals surface area contributed by atoms with Crippen LogP contribution in [0.15, 0.2) is 18.2 Å². The minimum Gasteiger partial charge on any atom is -0.355 e. The SMILES string of the molecule is CNC(=O)c1ccc(CC2CC3(CCNC3)C2)c(Cl)c1. The lowest BCUT2D eigenvalue weighted by Gasteiger charge is -2.45. The Hall–Kier alpha value is -1.06. The van der Waals surface area contributed by atoms with E-state index in [1.54, 1.807) is 13.1 Å². The molecule has 3 nitrogen and oxygen atoms in total. The van der Waals surface area contributed by atoms with E-state index in [1.165, 1.54) is 37.9 Å². The quantitative estimate of drug-likeness (QED) is 0.899. The molecule has 2 fully saturated rings. The molecule has 1 saturated heterocycles.